The summed E-state index contributed by atoms with van der Waals surface area (Å²) in [7, 11) is 0. The van der Waals surface area contributed by atoms with Gasteiger partial charge in [0.25, 0.3) is 0 Å². The van der Waals surface area contributed by atoms with E-state index in [0.29, 0.717) is 5.82 Å². The third-order valence-electron chi connectivity index (χ3n) is 3.05. The normalized spacial score (nSPS) is 11.2. The lowest BCUT2D eigenvalue weighted by Crippen LogP contribution is -1.96. The number of rotatable bonds is 3. The lowest BCUT2D eigenvalue weighted by molar-refractivity contribution is 0.783. The second kappa shape index (κ2) is 4.42. The van der Waals surface area contributed by atoms with Crippen LogP contribution in [0.4, 0.5) is 5.82 Å². The minimum absolute atomic E-state index is 0.568. The fourth-order valence-electron chi connectivity index (χ4n) is 2.21. The zero-order valence-electron chi connectivity index (χ0n) is 10.1. The van der Waals surface area contributed by atoms with E-state index in [1.807, 2.05) is 0 Å². The molecule has 0 spiro atoms. The van der Waals surface area contributed by atoms with Gasteiger partial charge in [0.05, 0.1) is 5.39 Å². The van der Waals surface area contributed by atoms with Gasteiger partial charge in [0, 0.05) is 24.0 Å². The molecule has 0 fully saturated rings. The largest absolute Gasteiger partial charge is 0.383 e. The van der Waals surface area contributed by atoms with E-state index in [1.165, 1.54) is 16.8 Å². The van der Waals surface area contributed by atoms with Crippen molar-refractivity contribution in [3.05, 3.63) is 40.5 Å². The first-order valence-electron chi connectivity index (χ1n) is 5.90. The monoisotopic (exact) mass is 258 g/mol. The Balaban J connectivity index is 2.16. The van der Waals surface area contributed by atoms with Gasteiger partial charge in [0.1, 0.15) is 17.8 Å². The maximum atomic E-state index is 5.99. The fraction of sp³-hybridized carbons (Fsp3) is 0.231. The van der Waals surface area contributed by atoms with Gasteiger partial charge in [-0.1, -0.05) is 6.07 Å². The fourth-order valence-corrected chi connectivity index (χ4v) is 2.93. The van der Waals surface area contributed by atoms with E-state index >= 15 is 0 Å². The molecule has 5 heteroatoms. The molecule has 0 amide bonds. The minimum atomic E-state index is 0.568. The molecule has 0 radical (unpaired) electrons. The number of aryl methyl sites for hydroxylation is 1. The molecule has 0 bridgehead atoms. The molecule has 0 aliphatic heterocycles. The van der Waals surface area contributed by atoms with Gasteiger partial charge in [-0.3, -0.25) is 0 Å². The molecule has 0 atom stereocenters. The predicted molar refractivity (Wildman–Crippen MR) is 74.7 cm³/mol. The first kappa shape index (κ1) is 11.2. The molecule has 3 aromatic rings. The maximum Gasteiger partial charge on any atom is 0.145 e. The summed E-state index contributed by atoms with van der Waals surface area (Å²) >= 11 is 1.76. The summed E-state index contributed by atoms with van der Waals surface area (Å²) in [4.78, 5) is 9.77. The third kappa shape index (κ3) is 1.76. The molecule has 18 heavy (non-hydrogen) atoms. The van der Waals surface area contributed by atoms with Crippen LogP contribution in [0, 0.1) is 0 Å². The number of fused-ring (bicyclic) bond motifs is 1. The molecular formula is C13H14N4S. The van der Waals surface area contributed by atoms with Crippen LogP contribution in [0.15, 0.2) is 30.0 Å². The van der Waals surface area contributed by atoms with Crippen molar-refractivity contribution >= 4 is 28.2 Å². The topological polar surface area (TPSA) is 56.7 Å². The van der Waals surface area contributed by atoms with E-state index in [1.54, 1.807) is 11.3 Å². The van der Waals surface area contributed by atoms with Crippen molar-refractivity contribution in [2.45, 2.75) is 19.9 Å². The highest BCUT2D eigenvalue weighted by molar-refractivity contribution is 7.09. The van der Waals surface area contributed by atoms with Crippen LogP contribution in [-0.2, 0) is 13.0 Å². The molecule has 3 heterocycles. The van der Waals surface area contributed by atoms with Crippen molar-refractivity contribution < 1.29 is 0 Å². The molecule has 3 rings (SSSR count). The molecule has 0 saturated carbocycles. The number of aromatic nitrogens is 3. The summed E-state index contributed by atoms with van der Waals surface area (Å²) in [6, 6.07) is 4.21. The Hall–Kier alpha value is -1.88. The van der Waals surface area contributed by atoms with Crippen LogP contribution in [-0.4, -0.2) is 14.5 Å². The zero-order valence-corrected chi connectivity index (χ0v) is 10.9. The molecule has 0 aliphatic rings. The number of nitrogens with two attached hydrogens (primary N) is 1. The van der Waals surface area contributed by atoms with Crippen molar-refractivity contribution in [1.29, 1.82) is 0 Å². The first-order chi connectivity index (χ1) is 8.79. The first-order valence-corrected chi connectivity index (χ1v) is 6.78. The predicted octanol–water partition coefficient (Wildman–Crippen LogP) is 2.69. The minimum Gasteiger partial charge on any atom is -0.383 e. The van der Waals surface area contributed by atoms with Crippen molar-refractivity contribution in [2.75, 3.05) is 5.73 Å². The lowest BCUT2D eigenvalue weighted by Gasteiger charge is -1.99. The average Bonchev–Trinajstić information content (AvgIpc) is 2.98. The van der Waals surface area contributed by atoms with E-state index in [0.717, 1.165) is 24.0 Å². The number of thiophene rings is 1. The van der Waals surface area contributed by atoms with E-state index in [-0.39, 0.29) is 0 Å². The molecule has 2 N–H and O–H groups in total. The highest BCUT2D eigenvalue weighted by Crippen LogP contribution is 2.27. The number of anilines is 1. The molecule has 4 nitrogen and oxygen atoms in total. The van der Waals surface area contributed by atoms with Gasteiger partial charge >= 0.3 is 0 Å². The number of hydrogen-bond donors (Lipinski definition) is 1. The molecule has 3 aromatic heterocycles. The Morgan fingerprint density at radius 1 is 1.39 bits per heavy atom. The van der Waals surface area contributed by atoms with Crippen LogP contribution in [0.3, 0.4) is 0 Å². The standard InChI is InChI=1S/C13H14N4S/c1-2-17-7-9(6-10-4-3-5-18-10)11-12(14)15-8-16-13(11)17/h3-5,7-8H,2,6H2,1H3,(H2,14,15,16). The van der Waals surface area contributed by atoms with Crippen LogP contribution in [0.25, 0.3) is 11.0 Å². The Kier molecular flexibility index (Phi) is 2.76. The molecule has 0 unspecified atom stereocenters. The van der Waals surface area contributed by atoms with Crippen molar-refractivity contribution in [3.63, 3.8) is 0 Å². The van der Waals surface area contributed by atoms with Gasteiger partial charge in [-0.25, -0.2) is 9.97 Å². The van der Waals surface area contributed by atoms with Gasteiger partial charge in [0.2, 0.25) is 0 Å². The van der Waals surface area contributed by atoms with Gasteiger partial charge in [-0.15, -0.1) is 11.3 Å². The molecule has 0 aliphatic carbocycles. The van der Waals surface area contributed by atoms with E-state index in [9.17, 15) is 0 Å². The summed E-state index contributed by atoms with van der Waals surface area (Å²) in [6.07, 6.45) is 4.55. The van der Waals surface area contributed by atoms with Crippen molar-refractivity contribution in [1.82, 2.24) is 14.5 Å². The molecule has 0 aromatic carbocycles. The van der Waals surface area contributed by atoms with Gasteiger partial charge in [-0.2, -0.15) is 0 Å². The Labute approximate surface area is 109 Å². The Bertz CT molecular complexity index is 670. The number of nitrogens with zero attached hydrogens (tertiary/aromatic N) is 3. The van der Waals surface area contributed by atoms with Crippen LogP contribution in [0.1, 0.15) is 17.4 Å². The quantitative estimate of drug-likeness (QED) is 0.785. The van der Waals surface area contributed by atoms with Crippen LogP contribution in [0.5, 0.6) is 0 Å². The summed E-state index contributed by atoms with van der Waals surface area (Å²) in [5.41, 5.74) is 8.12. The highest BCUT2D eigenvalue weighted by Gasteiger charge is 2.13. The summed E-state index contributed by atoms with van der Waals surface area (Å²) in [5, 5.41) is 3.08. The number of nitrogen functional groups attached to an aromatic ring is 1. The second-order valence-corrected chi connectivity index (χ2v) is 5.19. The van der Waals surface area contributed by atoms with Gasteiger partial charge < -0.3 is 10.3 Å². The summed E-state index contributed by atoms with van der Waals surface area (Å²) < 4.78 is 2.12. The van der Waals surface area contributed by atoms with Crippen LogP contribution >= 0.6 is 11.3 Å². The second-order valence-electron chi connectivity index (χ2n) is 4.15. The molecule has 92 valence electrons. The van der Waals surface area contributed by atoms with Gasteiger partial charge in [0.15, 0.2) is 0 Å². The lowest BCUT2D eigenvalue weighted by atomic mass is 10.1. The van der Waals surface area contributed by atoms with Crippen LogP contribution < -0.4 is 5.73 Å². The van der Waals surface area contributed by atoms with E-state index < -0.39 is 0 Å². The average molecular weight is 258 g/mol. The van der Waals surface area contributed by atoms with Crippen molar-refractivity contribution in [2.24, 2.45) is 0 Å². The molecular weight excluding hydrogens is 244 g/mol. The highest BCUT2D eigenvalue weighted by atomic mass is 32.1. The third-order valence-corrected chi connectivity index (χ3v) is 3.92. The van der Waals surface area contributed by atoms with Crippen molar-refractivity contribution in [3.8, 4) is 0 Å². The smallest absolute Gasteiger partial charge is 0.145 e. The molecule has 0 saturated heterocycles. The Morgan fingerprint density at radius 2 is 2.28 bits per heavy atom. The SMILES string of the molecule is CCn1cc(Cc2cccs2)c2c(N)ncnc21. The van der Waals surface area contributed by atoms with E-state index in [2.05, 4.69) is 45.2 Å². The van der Waals surface area contributed by atoms with E-state index in [4.69, 9.17) is 5.73 Å². The maximum absolute atomic E-state index is 5.99. The Morgan fingerprint density at radius 3 is 3.00 bits per heavy atom. The summed E-state index contributed by atoms with van der Waals surface area (Å²) in [6.45, 7) is 2.99. The summed E-state index contributed by atoms with van der Waals surface area (Å²) in [5.74, 6) is 0.568. The van der Waals surface area contributed by atoms with Crippen LogP contribution in [0.2, 0.25) is 0 Å². The number of hydrogen-bond acceptors (Lipinski definition) is 4. The van der Waals surface area contributed by atoms with Gasteiger partial charge in [-0.05, 0) is 23.9 Å². The zero-order chi connectivity index (χ0) is 12.5.